The zero-order chi connectivity index (χ0) is 14.5. The summed E-state index contributed by atoms with van der Waals surface area (Å²) in [6, 6.07) is 7.45. The lowest BCUT2D eigenvalue weighted by molar-refractivity contribution is 0.0949. The number of nitrogens with two attached hydrogens (primary N) is 1. The molecule has 0 bridgehead atoms. The van der Waals surface area contributed by atoms with Gasteiger partial charge in [-0.2, -0.15) is 0 Å². The normalized spacial score (nSPS) is 12.2. The molecule has 1 atom stereocenters. The van der Waals surface area contributed by atoms with Crippen LogP contribution in [0, 0.1) is 0 Å². The van der Waals surface area contributed by atoms with Gasteiger partial charge in [-0.15, -0.1) is 11.3 Å². The van der Waals surface area contributed by atoms with Crippen LogP contribution in [0.2, 0.25) is 5.02 Å². The highest BCUT2D eigenvalue weighted by Crippen LogP contribution is 2.15. The van der Waals surface area contributed by atoms with Crippen molar-refractivity contribution in [3.05, 3.63) is 50.9 Å². The maximum atomic E-state index is 11.9. The summed E-state index contributed by atoms with van der Waals surface area (Å²) in [6.45, 7) is 2.39. The number of nitrogens with one attached hydrogen (secondary N) is 1. The number of carbonyl (C=O) groups excluding carboxylic acids is 1. The number of rotatable bonds is 5. The quantitative estimate of drug-likeness (QED) is 0.892. The molecule has 1 amide bonds. The SMILES string of the molecule is CC(N)c1nc(C(=O)NCCc2cccc(Cl)c2)cs1. The fraction of sp³-hybridized carbons (Fsp3) is 0.286. The monoisotopic (exact) mass is 309 g/mol. The molecule has 3 N–H and O–H groups in total. The molecule has 2 aromatic rings. The summed E-state index contributed by atoms with van der Waals surface area (Å²) in [6.07, 6.45) is 0.733. The summed E-state index contributed by atoms with van der Waals surface area (Å²) in [5, 5.41) is 6.04. The second-order valence-electron chi connectivity index (χ2n) is 4.50. The molecule has 0 saturated heterocycles. The van der Waals surface area contributed by atoms with Gasteiger partial charge in [0.15, 0.2) is 0 Å². The van der Waals surface area contributed by atoms with E-state index in [-0.39, 0.29) is 11.9 Å². The molecular weight excluding hydrogens is 294 g/mol. The van der Waals surface area contributed by atoms with Crippen LogP contribution in [0.4, 0.5) is 0 Å². The Labute approximate surface area is 127 Å². The molecule has 0 spiro atoms. The van der Waals surface area contributed by atoms with Gasteiger partial charge in [0.05, 0.1) is 6.04 Å². The third kappa shape index (κ3) is 4.03. The van der Waals surface area contributed by atoms with Crippen molar-refractivity contribution in [2.24, 2.45) is 5.73 Å². The van der Waals surface area contributed by atoms with Crippen LogP contribution in [0.25, 0.3) is 0 Å². The molecule has 0 aliphatic heterocycles. The number of halogens is 1. The van der Waals surface area contributed by atoms with E-state index in [2.05, 4.69) is 10.3 Å². The summed E-state index contributed by atoms with van der Waals surface area (Å²) >= 11 is 7.31. The first kappa shape index (κ1) is 15.0. The molecule has 6 heteroatoms. The fourth-order valence-electron chi connectivity index (χ4n) is 1.70. The minimum atomic E-state index is -0.171. The molecule has 0 radical (unpaired) electrons. The van der Waals surface area contributed by atoms with Gasteiger partial charge in [0, 0.05) is 16.9 Å². The minimum Gasteiger partial charge on any atom is -0.350 e. The molecule has 1 unspecified atom stereocenters. The van der Waals surface area contributed by atoms with E-state index >= 15 is 0 Å². The number of hydrogen-bond donors (Lipinski definition) is 2. The molecule has 1 aromatic heterocycles. The number of amides is 1. The van der Waals surface area contributed by atoms with Gasteiger partial charge in [0.25, 0.3) is 5.91 Å². The Morgan fingerprint density at radius 1 is 1.55 bits per heavy atom. The molecule has 0 fully saturated rings. The fourth-order valence-corrected chi connectivity index (χ4v) is 2.68. The largest absolute Gasteiger partial charge is 0.350 e. The molecule has 4 nitrogen and oxygen atoms in total. The Kier molecular flexibility index (Phi) is 5.11. The Hall–Kier alpha value is -1.43. The molecule has 1 aromatic carbocycles. The summed E-state index contributed by atoms with van der Waals surface area (Å²) in [4.78, 5) is 16.1. The lowest BCUT2D eigenvalue weighted by Gasteiger charge is -2.04. The van der Waals surface area contributed by atoms with Gasteiger partial charge in [-0.1, -0.05) is 23.7 Å². The lowest BCUT2D eigenvalue weighted by atomic mass is 10.1. The lowest BCUT2D eigenvalue weighted by Crippen LogP contribution is -2.26. The Morgan fingerprint density at radius 2 is 2.35 bits per heavy atom. The van der Waals surface area contributed by atoms with Crippen molar-refractivity contribution in [3.8, 4) is 0 Å². The third-order valence-electron chi connectivity index (χ3n) is 2.73. The first-order chi connectivity index (χ1) is 9.56. The van der Waals surface area contributed by atoms with E-state index < -0.39 is 0 Å². The minimum absolute atomic E-state index is 0.145. The van der Waals surface area contributed by atoms with E-state index in [9.17, 15) is 4.79 Å². The standard InChI is InChI=1S/C14H16ClN3OS/c1-9(16)14-18-12(8-20-14)13(19)17-6-5-10-3-2-4-11(15)7-10/h2-4,7-9H,5-6,16H2,1H3,(H,17,19). The van der Waals surface area contributed by atoms with E-state index in [1.54, 1.807) is 5.38 Å². The van der Waals surface area contributed by atoms with Crippen molar-refractivity contribution in [2.75, 3.05) is 6.54 Å². The van der Waals surface area contributed by atoms with Crippen LogP contribution in [0.1, 0.15) is 34.0 Å². The summed E-state index contributed by atoms with van der Waals surface area (Å²) in [5.74, 6) is -0.171. The second kappa shape index (κ2) is 6.83. The van der Waals surface area contributed by atoms with Crippen LogP contribution in [-0.4, -0.2) is 17.4 Å². The van der Waals surface area contributed by atoms with Crippen molar-refractivity contribution in [3.63, 3.8) is 0 Å². The van der Waals surface area contributed by atoms with Crippen molar-refractivity contribution in [1.82, 2.24) is 10.3 Å². The van der Waals surface area contributed by atoms with Crippen LogP contribution in [0.15, 0.2) is 29.6 Å². The van der Waals surface area contributed by atoms with Crippen LogP contribution in [0.3, 0.4) is 0 Å². The van der Waals surface area contributed by atoms with Gasteiger partial charge in [-0.3, -0.25) is 4.79 Å². The van der Waals surface area contributed by atoms with Gasteiger partial charge >= 0.3 is 0 Å². The smallest absolute Gasteiger partial charge is 0.270 e. The van der Waals surface area contributed by atoms with Gasteiger partial charge in [0.1, 0.15) is 10.7 Å². The predicted molar refractivity (Wildman–Crippen MR) is 82.2 cm³/mol. The van der Waals surface area contributed by atoms with E-state index in [1.165, 1.54) is 11.3 Å². The van der Waals surface area contributed by atoms with E-state index in [0.29, 0.717) is 17.3 Å². The number of nitrogens with zero attached hydrogens (tertiary/aromatic N) is 1. The van der Waals surface area contributed by atoms with Gasteiger partial charge in [-0.25, -0.2) is 4.98 Å². The molecule has 20 heavy (non-hydrogen) atoms. The molecule has 106 valence electrons. The highest BCUT2D eigenvalue weighted by molar-refractivity contribution is 7.09. The van der Waals surface area contributed by atoms with Crippen molar-refractivity contribution >= 4 is 28.8 Å². The number of carbonyl (C=O) groups is 1. The Balaban J connectivity index is 1.85. The number of benzene rings is 1. The van der Waals surface area contributed by atoms with Crippen molar-refractivity contribution in [2.45, 2.75) is 19.4 Å². The highest BCUT2D eigenvalue weighted by Gasteiger charge is 2.12. The number of aromatic nitrogens is 1. The first-order valence-corrected chi connectivity index (χ1v) is 7.55. The average Bonchev–Trinajstić information content (AvgIpc) is 2.88. The topological polar surface area (TPSA) is 68.0 Å². The summed E-state index contributed by atoms with van der Waals surface area (Å²) in [7, 11) is 0. The third-order valence-corrected chi connectivity index (χ3v) is 4.01. The highest BCUT2D eigenvalue weighted by atomic mass is 35.5. The molecule has 1 heterocycles. The molecular formula is C14H16ClN3OS. The van der Waals surface area contributed by atoms with Crippen LogP contribution in [0.5, 0.6) is 0 Å². The van der Waals surface area contributed by atoms with Crippen LogP contribution >= 0.6 is 22.9 Å². The summed E-state index contributed by atoms with van der Waals surface area (Å²) in [5.41, 5.74) is 7.24. The van der Waals surface area contributed by atoms with E-state index in [0.717, 1.165) is 17.0 Å². The maximum Gasteiger partial charge on any atom is 0.270 e. The number of hydrogen-bond acceptors (Lipinski definition) is 4. The second-order valence-corrected chi connectivity index (χ2v) is 5.82. The predicted octanol–water partition coefficient (Wildman–Crippen LogP) is 2.79. The summed E-state index contributed by atoms with van der Waals surface area (Å²) < 4.78 is 0. The Bertz CT molecular complexity index is 598. The maximum absolute atomic E-state index is 11.9. The molecule has 0 saturated carbocycles. The Morgan fingerprint density at radius 3 is 3.00 bits per heavy atom. The number of thiazole rings is 1. The van der Waals surface area contributed by atoms with Gasteiger partial charge < -0.3 is 11.1 Å². The average molecular weight is 310 g/mol. The molecule has 0 aliphatic rings. The van der Waals surface area contributed by atoms with Gasteiger partial charge in [0.2, 0.25) is 0 Å². The van der Waals surface area contributed by atoms with Crippen molar-refractivity contribution in [1.29, 1.82) is 0 Å². The molecule has 0 aliphatic carbocycles. The van der Waals surface area contributed by atoms with E-state index in [4.69, 9.17) is 17.3 Å². The van der Waals surface area contributed by atoms with Crippen LogP contribution in [-0.2, 0) is 6.42 Å². The zero-order valence-electron chi connectivity index (χ0n) is 11.1. The van der Waals surface area contributed by atoms with Gasteiger partial charge in [-0.05, 0) is 31.0 Å². The van der Waals surface area contributed by atoms with E-state index in [1.807, 2.05) is 31.2 Å². The van der Waals surface area contributed by atoms with Crippen molar-refractivity contribution < 1.29 is 4.79 Å². The zero-order valence-corrected chi connectivity index (χ0v) is 12.7. The first-order valence-electron chi connectivity index (χ1n) is 6.30. The molecule has 2 rings (SSSR count). The van der Waals surface area contributed by atoms with Crippen LogP contribution < -0.4 is 11.1 Å².